The summed E-state index contributed by atoms with van der Waals surface area (Å²) in [7, 11) is 0. The normalized spacial score (nSPS) is 17.3. The van der Waals surface area contributed by atoms with Crippen LogP contribution in [0.5, 0.6) is 0 Å². The summed E-state index contributed by atoms with van der Waals surface area (Å²) in [5.41, 5.74) is 4.01. The molecule has 2 rings (SSSR count). The van der Waals surface area contributed by atoms with Crippen LogP contribution in [0.25, 0.3) is 0 Å². The Balaban J connectivity index is 1.75. The summed E-state index contributed by atoms with van der Waals surface area (Å²) in [5.74, 6) is 6.18. The van der Waals surface area contributed by atoms with Gasteiger partial charge in [0, 0.05) is 6.04 Å². The highest BCUT2D eigenvalue weighted by Gasteiger charge is 2.21. The standard InChI is InChI=1S/C14H22N4/c1-11(7-8-12-5-3-2-4-6-12)16-14(18-15)17-13-9-10-13/h2-6,11,13H,7-10,15H2,1H3,(H2,16,17,18). The van der Waals surface area contributed by atoms with E-state index in [9.17, 15) is 0 Å². The predicted molar refractivity (Wildman–Crippen MR) is 75.1 cm³/mol. The third-order valence-corrected chi connectivity index (χ3v) is 3.09. The average molecular weight is 246 g/mol. The molecule has 0 saturated heterocycles. The molecule has 4 N–H and O–H groups in total. The number of benzene rings is 1. The van der Waals surface area contributed by atoms with Crippen molar-refractivity contribution in [1.29, 1.82) is 0 Å². The van der Waals surface area contributed by atoms with Gasteiger partial charge in [0.25, 0.3) is 0 Å². The summed E-state index contributed by atoms with van der Waals surface area (Å²) in [4.78, 5) is 4.47. The van der Waals surface area contributed by atoms with Crippen molar-refractivity contribution < 1.29 is 0 Å². The van der Waals surface area contributed by atoms with Gasteiger partial charge in [0.1, 0.15) is 0 Å². The minimum atomic E-state index is 0.360. The van der Waals surface area contributed by atoms with Gasteiger partial charge in [-0.3, -0.25) is 5.43 Å². The molecule has 1 aromatic rings. The molecule has 98 valence electrons. The number of rotatable bonds is 5. The molecule has 1 saturated carbocycles. The van der Waals surface area contributed by atoms with Crippen LogP contribution in [-0.2, 0) is 6.42 Å². The maximum atomic E-state index is 5.46. The van der Waals surface area contributed by atoms with Crippen molar-refractivity contribution in [3.8, 4) is 0 Å². The fourth-order valence-corrected chi connectivity index (χ4v) is 1.84. The van der Waals surface area contributed by atoms with Gasteiger partial charge < -0.3 is 5.32 Å². The first-order chi connectivity index (χ1) is 8.78. The molecule has 1 aliphatic carbocycles. The minimum absolute atomic E-state index is 0.360. The number of aryl methyl sites for hydroxylation is 1. The predicted octanol–water partition coefficient (Wildman–Crippen LogP) is 1.58. The molecule has 0 bridgehead atoms. The lowest BCUT2D eigenvalue weighted by Gasteiger charge is -2.16. The largest absolute Gasteiger partial charge is 0.353 e. The Kier molecular flexibility index (Phi) is 4.59. The van der Waals surface area contributed by atoms with Gasteiger partial charge in [-0.05, 0) is 38.2 Å². The molecule has 0 heterocycles. The molecule has 1 aliphatic rings. The lowest BCUT2D eigenvalue weighted by atomic mass is 10.1. The van der Waals surface area contributed by atoms with Crippen molar-refractivity contribution in [3.63, 3.8) is 0 Å². The third-order valence-electron chi connectivity index (χ3n) is 3.09. The summed E-state index contributed by atoms with van der Waals surface area (Å²) in [6.45, 7) is 2.16. The monoisotopic (exact) mass is 246 g/mol. The van der Waals surface area contributed by atoms with Gasteiger partial charge in [-0.25, -0.2) is 10.8 Å². The van der Waals surface area contributed by atoms with Crippen LogP contribution in [0.4, 0.5) is 0 Å². The Hall–Kier alpha value is -1.55. The molecule has 0 aromatic heterocycles. The molecule has 4 heteroatoms. The Bertz CT molecular complexity index is 384. The number of nitrogens with two attached hydrogens (primary N) is 1. The van der Waals surface area contributed by atoms with E-state index in [2.05, 4.69) is 46.9 Å². The van der Waals surface area contributed by atoms with Gasteiger partial charge in [0.2, 0.25) is 5.96 Å². The maximum absolute atomic E-state index is 5.46. The Labute approximate surface area is 109 Å². The van der Waals surface area contributed by atoms with E-state index in [0.29, 0.717) is 12.1 Å². The zero-order valence-corrected chi connectivity index (χ0v) is 10.9. The number of guanidine groups is 1. The molecule has 1 fully saturated rings. The summed E-state index contributed by atoms with van der Waals surface area (Å²) in [6, 6.07) is 11.4. The molecule has 0 radical (unpaired) electrons. The van der Waals surface area contributed by atoms with Crippen LogP contribution in [-0.4, -0.2) is 18.0 Å². The van der Waals surface area contributed by atoms with Crippen LogP contribution in [0.2, 0.25) is 0 Å². The Morgan fingerprint density at radius 1 is 1.39 bits per heavy atom. The van der Waals surface area contributed by atoms with Crippen molar-refractivity contribution in [1.82, 2.24) is 10.7 Å². The first-order valence-corrected chi connectivity index (χ1v) is 6.63. The van der Waals surface area contributed by atoms with Crippen LogP contribution >= 0.6 is 0 Å². The van der Waals surface area contributed by atoms with Gasteiger partial charge in [0.15, 0.2) is 0 Å². The minimum Gasteiger partial charge on any atom is -0.353 e. The van der Waals surface area contributed by atoms with E-state index < -0.39 is 0 Å². The summed E-state index contributed by atoms with van der Waals surface area (Å²) in [5, 5.41) is 3.32. The van der Waals surface area contributed by atoms with Crippen molar-refractivity contribution >= 4 is 5.96 Å². The van der Waals surface area contributed by atoms with Crippen molar-refractivity contribution in [2.24, 2.45) is 10.8 Å². The quantitative estimate of drug-likeness (QED) is 0.320. The fraction of sp³-hybridized carbons (Fsp3) is 0.500. The van der Waals surface area contributed by atoms with Crippen LogP contribution in [0.3, 0.4) is 0 Å². The molecular formula is C14H22N4. The molecule has 1 aromatic carbocycles. The number of hydrogen-bond acceptors (Lipinski definition) is 2. The van der Waals surface area contributed by atoms with E-state index in [1.54, 1.807) is 0 Å². The number of nitrogens with one attached hydrogen (secondary N) is 2. The van der Waals surface area contributed by atoms with E-state index >= 15 is 0 Å². The molecule has 0 amide bonds. The van der Waals surface area contributed by atoms with E-state index in [1.807, 2.05) is 6.07 Å². The van der Waals surface area contributed by atoms with Gasteiger partial charge in [-0.15, -0.1) is 0 Å². The molecular weight excluding hydrogens is 224 g/mol. The van der Waals surface area contributed by atoms with Crippen molar-refractivity contribution in [2.75, 3.05) is 0 Å². The molecule has 18 heavy (non-hydrogen) atoms. The summed E-state index contributed by atoms with van der Waals surface area (Å²) >= 11 is 0. The van der Waals surface area contributed by atoms with Crippen LogP contribution in [0, 0.1) is 0 Å². The van der Waals surface area contributed by atoms with E-state index in [1.165, 1.54) is 18.4 Å². The van der Waals surface area contributed by atoms with Crippen LogP contribution < -0.4 is 16.6 Å². The first kappa shape index (κ1) is 12.9. The average Bonchev–Trinajstić information content (AvgIpc) is 3.21. The Morgan fingerprint density at radius 3 is 2.72 bits per heavy atom. The smallest absolute Gasteiger partial charge is 0.206 e. The van der Waals surface area contributed by atoms with Crippen LogP contribution in [0.15, 0.2) is 35.3 Å². The van der Waals surface area contributed by atoms with Gasteiger partial charge >= 0.3 is 0 Å². The van der Waals surface area contributed by atoms with Gasteiger partial charge in [-0.2, -0.15) is 0 Å². The number of nitrogens with zero attached hydrogens (tertiary/aromatic N) is 1. The van der Waals surface area contributed by atoms with E-state index in [-0.39, 0.29) is 0 Å². The topological polar surface area (TPSA) is 62.4 Å². The highest BCUT2D eigenvalue weighted by Crippen LogP contribution is 2.23. The van der Waals surface area contributed by atoms with E-state index in [4.69, 9.17) is 5.84 Å². The molecule has 1 atom stereocenters. The van der Waals surface area contributed by atoms with Crippen molar-refractivity contribution in [2.45, 2.75) is 44.7 Å². The SMILES string of the molecule is CC(CCc1ccccc1)NC(=NC1CC1)NN. The second kappa shape index (κ2) is 6.40. The third kappa shape index (κ3) is 4.37. The Morgan fingerprint density at radius 2 is 2.11 bits per heavy atom. The zero-order valence-electron chi connectivity index (χ0n) is 10.9. The second-order valence-corrected chi connectivity index (χ2v) is 4.92. The lowest BCUT2D eigenvalue weighted by molar-refractivity contribution is 0.593. The first-order valence-electron chi connectivity index (χ1n) is 6.63. The second-order valence-electron chi connectivity index (χ2n) is 4.92. The van der Waals surface area contributed by atoms with Gasteiger partial charge in [-0.1, -0.05) is 30.3 Å². The highest BCUT2D eigenvalue weighted by atomic mass is 15.3. The van der Waals surface area contributed by atoms with E-state index in [0.717, 1.165) is 18.8 Å². The molecule has 0 aliphatic heterocycles. The molecule has 0 spiro atoms. The summed E-state index contributed by atoms with van der Waals surface area (Å²) < 4.78 is 0. The number of hydrogen-bond donors (Lipinski definition) is 3. The maximum Gasteiger partial charge on any atom is 0.206 e. The van der Waals surface area contributed by atoms with Gasteiger partial charge in [0.05, 0.1) is 6.04 Å². The fourth-order valence-electron chi connectivity index (χ4n) is 1.84. The zero-order chi connectivity index (χ0) is 12.8. The highest BCUT2D eigenvalue weighted by molar-refractivity contribution is 5.79. The van der Waals surface area contributed by atoms with Crippen molar-refractivity contribution in [3.05, 3.63) is 35.9 Å². The lowest BCUT2D eigenvalue weighted by Crippen LogP contribution is -2.45. The number of hydrazine groups is 1. The molecule has 4 nitrogen and oxygen atoms in total. The van der Waals surface area contributed by atoms with Crippen LogP contribution in [0.1, 0.15) is 31.7 Å². The summed E-state index contributed by atoms with van der Waals surface area (Å²) in [6.07, 6.45) is 4.50. The number of aliphatic imine (C=N–C) groups is 1. The molecule has 1 unspecified atom stereocenters.